The maximum absolute atomic E-state index is 12.0. The van der Waals surface area contributed by atoms with Gasteiger partial charge in [0.25, 0.3) is 5.91 Å². The van der Waals surface area contributed by atoms with Gasteiger partial charge >= 0.3 is 0 Å². The standard InChI is InChI=1S/C19H21N3O2/c1-13-9-10-17(11-14(13)2)20-18(23)12-15(3)21-22-19(24)16-7-5-4-6-8-16/h4-11H,12H2,1-3H3,(H,20,23)(H,22,24)/b21-15+. The third-order valence-electron chi connectivity index (χ3n) is 3.59. The summed E-state index contributed by atoms with van der Waals surface area (Å²) in [6.07, 6.45) is 0.113. The highest BCUT2D eigenvalue weighted by molar-refractivity contribution is 6.06. The number of nitrogens with zero attached hydrogens (tertiary/aromatic N) is 1. The van der Waals surface area contributed by atoms with Crippen LogP contribution in [0.1, 0.15) is 34.8 Å². The molecule has 0 bridgehead atoms. The van der Waals surface area contributed by atoms with E-state index in [-0.39, 0.29) is 18.2 Å². The van der Waals surface area contributed by atoms with Crippen molar-refractivity contribution in [3.05, 3.63) is 65.2 Å². The summed E-state index contributed by atoms with van der Waals surface area (Å²) in [5, 5.41) is 6.80. The largest absolute Gasteiger partial charge is 0.326 e. The minimum atomic E-state index is -0.301. The van der Waals surface area contributed by atoms with Crippen LogP contribution < -0.4 is 10.7 Å². The molecule has 5 heteroatoms. The lowest BCUT2D eigenvalue weighted by Gasteiger charge is -2.08. The Morgan fingerprint density at radius 3 is 2.38 bits per heavy atom. The van der Waals surface area contributed by atoms with Crippen molar-refractivity contribution in [1.29, 1.82) is 0 Å². The first-order valence-corrected chi connectivity index (χ1v) is 7.71. The molecule has 2 aromatic rings. The van der Waals surface area contributed by atoms with Crippen LogP contribution in [0.5, 0.6) is 0 Å². The molecule has 0 aliphatic carbocycles. The van der Waals surface area contributed by atoms with Crippen molar-refractivity contribution < 1.29 is 9.59 Å². The zero-order valence-electron chi connectivity index (χ0n) is 14.1. The number of hydrogen-bond acceptors (Lipinski definition) is 3. The molecule has 2 rings (SSSR count). The van der Waals surface area contributed by atoms with Crippen molar-refractivity contribution in [2.24, 2.45) is 5.10 Å². The maximum Gasteiger partial charge on any atom is 0.271 e. The number of hydrogen-bond donors (Lipinski definition) is 2. The van der Waals surface area contributed by atoms with Crippen LogP contribution in [0.2, 0.25) is 0 Å². The van der Waals surface area contributed by atoms with Gasteiger partial charge in [-0.1, -0.05) is 24.3 Å². The second-order valence-corrected chi connectivity index (χ2v) is 5.68. The molecule has 2 aromatic carbocycles. The maximum atomic E-state index is 12.0. The van der Waals surface area contributed by atoms with Crippen molar-refractivity contribution in [1.82, 2.24) is 5.43 Å². The van der Waals surface area contributed by atoms with Crippen LogP contribution in [0.25, 0.3) is 0 Å². The summed E-state index contributed by atoms with van der Waals surface area (Å²) >= 11 is 0. The summed E-state index contributed by atoms with van der Waals surface area (Å²) in [6, 6.07) is 14.6. The molecule has 124 valence electrons. The molecule has 0 aliphatic rings. The lowest BCUT2D eigenvalue weighted by molar-refractivity contribution is -0.115. The summed E-state index contributed by atoms with van der Waals surface area (Å²) < 4.78 is 0. The van der Waals surface area contributed by atoms with Gasteiger partial charge in [-0.3, -0.25) is 9.59 Å². The fraction of sp³-hybridized carbons (Fsp3) is 0.211. The third kappa shape index (κ3) is 5.05. The van der Waals surface area contributed by atoms with E-state index in [0.717, 1.165) is 11.3 Å². The SMILES string of the molecule is C/C(CC(=O)Nc1ccc(C)c(C)c1)=N\NC(=O)c1ccccc1. The van der Waals surface area contributed by atoms with Crippen LogP contribution in [-0.2, 0) is 4.79 Å². The van der Waals surface area contributed by atoms with Crippen LogP contribution >= 0.6 is 0 Å². The van der Waals surface area contributed by atoms with E-state index < -0.39 is 0 Å². The van der Waals surface area contributed by atoms with Crippen LogP contribution in [0, 0.1) is 13.8 Å². The van der Waals surface area contributed by atoms with E-state index in [0.29, 0.717) is 11.3 Å². The highest BCUT2D eigenvalue weighted by Gasteiger charge is 2.07. The topological polar surface area (TPSA) is 70.6 Å². The van der Waals surface area contributed by atoms with Gasteiger partial charge in [-0.2, -0.15) is 5.10 Å². The minimum absolute atomic E-state index is 0.113. The smallest absolute Gasteiger partial charge is 0.271 e. The Morgan fingerprint density at radius 2 is 1.71 bits per heavy atom. The average Bonchev–Trinajstić information content (AvgIpc) is 2.56. The summed E-state index contributed by atoms with van der Waals surface area (Å²) in [5.41, 5.74) is 6.55. The van der Waals surface area contributed by atoms with Crippen molar-refractivity contribution in [2.75, 3.05) is 5.32 Å². The van der Waals surface area contributed by atoms with Gasteiger partial charge in [0.1, 0.15) is 0 Å². The second kappa shape index (κ2) is 8.06. The van der Waals surface area contributed by atoms with E-state index in [1.165, 1.54) is 5.56 Å². The van der Waals surface area contributed by atoms with Gasteiger partial charge < -0.3 is 5.32 Å². The van der Waals surface area contributed by atoms with Crippen LogP contribution in [0.4, 0.5) is 5.69 Å². The Kier molecular flexibility index (Phi) is 5.84. The molecule has 0 spiro atoms. The number of benzene rings is 2. The van der Waals surface area contributed by atoms with Crippen molar-refractivity contribution in [2.45, 2.75) is 27.2 Å². The van der Waals surface area contributed by atoms with Gasteiger partial charge in [-0.05, 0) is 56.2 Å². The van der Waals surface area contributed by atoms with E-state index in [2.05, 4.69) is 15.8 Å². The molecular weight excluding hydrogens is 302 g/mol. The lowest BCUT2D eigenvalue weighted by atomic mass is 10.1. The second-order valence-electron chi connectivity index (χ2n) is 5.68. The predicted octanol–water partition coefficient (Wildman–Crippen LogP) is 3.44. The van der Waals surface area contributed by atoms with Gasteiger partial charge in [0.15, 0.2) is 0 Å². The summed E-state index contributed by atoms with van der Waals surface area (Å²) in [5.74, 6) is -0.474. The molecule has 0 aliphatic heterocycles. The van der Waals surface area contributed by atoms with E-state index in [1.54, 1.807) is 31.2 Å². The summed E-state index contributed by atoms with van der Waals surface area (Å²) in [6.45, 7) is 5.72. The normalized spacial score (nSPS) is 11.0. The molecular formula is C19H21N3O2. The van der Waals surface area contributed by atoms with Crippen LogP contribution in [0.15, 0.2) is 53.6 Å². The van der Waals surface area contributed by atoms with Gasteiger partial charge in [-0.25, -0.2) is 5.43 Å². The third-order valence-corrected chi connectivity index (χ3v) is 3.59. The molecule has 0 unspecified atom stereocenters. The minimum Gasteiger partial charge on any atom is -0.326 e. The Labute approximate surface area is 141 Å². The first-order valence-electron chi connectivity index (χ1n) is 7.71. The monoisotopic (exact) mass is 323 g/mol. The molecule has 5 nitrogen and oxygen atoms in total. The molecule has 0 saturated carbocycles. The Morgan fingerprint density at radius 1 is 1.00 bits per heavy atom. The van der Waals surface area contributed by atoms with Gasteiger partial charge in [0.05, 0.1) is 6.42 Å². The van der Waals surface area contributed by atoms with Crippen molar-refractivity contribution in [3.63, 3.8) is 0 Å². The van der Waals surface area contributed by atoms with E-state index in [4.69, 9.17) is 0 Å². The lowest BCUT2D eigenvalue weighted by Crippen LogP contribution is -2.21. The first-order chi connectivity index (χ1) is 11.5. The molecule has 0 fully saturated rings. The number of aryl methyl sites for hydroxylation is 2. The Balaban J connectivity index is 1.88. The van der Waals surface area contributed by atoms with Crippen LogP contribution in [-0.4, -0.2) is 17.5 Å². The molecule has 0 atom stereocenters. The van der Waals surface area contributed by atoms with E-state index >= 15 is 0 Å². The fourth-order valence-electron chi connectivity index (χ4n) is 2.10. The molecule has 0 saturated heterocycles. The van der Waals surface area contributed by atoms with Crippen LogP contribution in [0.3, 0.4) is 0 Å². The molecule has 2 N–H and O–H groups in total. The van der Waals surface area contributed by atoms with E-state index in [1.807, 2.05) is 38.1 Å². The summed E-state index contributed by atoms with van der Waals surface area (Å²) in [4.78, 5) is 23.9. The fourth-order valence-corrected chi connectivity index (χ4v) is 2.10. The molecule has 0 aromatic heterocycles. The number of carbonyl (C=O) groups excluding carboxylic acids is 2. The van der Waals surface area contributed by atoms with Gasteiger partial charge in [-0.15, -0.1) is 0 Å². The number of rotatable bonds is 5. The first kappa shape index (κ1) is 17.4. The van der Waals surface area contributed by atoms with Gasteiger partial charge in [0.2, 0.25) is 5.91 Å². The quantitative estimate of drug-likeness (QED) is 0.653. The number of hydrazone groups is 1. The summed E-state index contributed by atoms with van der Waals surface area (Å²) in [7, 11) is 0. The molecule has 2 amide bonds. The zero-order valence-corrected chi connectivity index (χ0v) is 14.1. The molecule has 0 radical (unpaired) electrons. The average molecular weight is 323 g/mol. The number of amides is 2. The zero-order chi connectivity index (χ0) is 17.5. The van der Waals surface area contributed by atoms with Gasteiger partial charge in [0, 0.05) is 17.0 Å². The number of nitrogens with one attached hydrogen (secondary N) is 2. The Hall–Kier alpha value is -2.95. The van der Waals surface area contributed by atoms with Crippen molar-refractivity contribution >= 4 is 23.2 Å². The van der Waals surface area contributed by atoms with Crippen molar-refractivity contribution in [3.8, 4) is 0 Å². The van der Waals surface area contributed by atoms with E-state index in [9.17, 15) is 9.59 Å². The molecule has 24 heavy (non-hydrogen) atoms. The molecule has 0 heterocycles. The highest BCUT2D eigenvalue weighted by atomic mass is 16.2. The predicted molar refractivity (Wildman–Crippen MR) is 96.2 cm³/mol. The number of anilines is 1. The Bertz CT molecular complexity index is 767. The highest BCUT2D eigenvalue weighted by Crippen LogP contribution is 2.14. The number of carbonyl (C=O) groups is 2.